The predicted molar refractivity (Wildman–Crippen MR) is 303 cm³/mol. The highest BCUT2D eigenvalue weighted by atomic mass is 31.2. The third kappa shape index (κ3) is 53.2. The van der Waals surface area contributed by atoms with Gasteiger partial charge < -0.3 is 33.8 Å². The van der Waals surface area contributed by atoms with Crippen molar-refractivity contribution in [1.82, 2.24) is 0 Å². The minimum absolute atomic E-state index is 0.100. The molecule has 19 heteroatoms. The maximum atomic E-state index is 12.9. The number of esters is 4. The number of unbranched alkanes of at least 4 members (excludes halogenated alkanes) is 24. The van der Waals surface area contributed by atoms with Gasteiger partial charge in [-0.25, -0.2) is 9.13 Å². The molecule has 0 bridgehead atoms. The van der Waals surface area contributed by atoms with Gasteiger partial charge in [-0.2, -0.15) is 0 Å². The summed E-state index contributed by atoms with van der Waals surface area (Å²) in [4.78, 5) is 71.6. The van der Waals surface area contributed by atoms with Crippen LogP contribution in [0.4, 0.5) is 0 Å². The van der Waals surface area contributed by atoms with Gasteiger partial charge in [0.2, 0.25) is 0 Å². The fraction of sp³-hybridized carbons (Fsp3) is 0.931. The van der Waals surface area contributed by atoms with Crippen LogP contribution in [0.5, 0.6) is 0 Å². The maximum Gasteiger partial charge on any atom is 0.472 e. The molecule has 3 N–H and O–H groups in total. The van der Waals surface area contributed by atoms with E-state index in [9.17, 15) is 43.2 Å². The zero-order valence-corrected chi connectivity index (χ0v) is 51.2. The van der Waals surface area contributed by atoms with E-state index in [4.69, 9.17) is 37.0 Å². The van der Waals surface area contributed by atoms with E-state index in [0.29, 0.717) is 37.5 Å². The fourth-order valence-electron chi connectivity index (χ4n) is 8.42. The molecule has 2 unspecified atom stereocenters. The second-order valence-corrected chi connectivity index (χ2v) is 25.4. The van der Waals surface area contributed by atoms with Crippen molar-refractivity contribution < 1.29 is 80.2 Å². The quantitative estimate of drug-likeness (QED) is 0.0222. The number of hydrogen-bond acceptors (Lipinski definition) is 15. The summed E-state index contributed by atoms with van der Waals surface area (Å²) in [6.07, 6.45) is 28.7. The highest BCUT2D eigenvalue weighted by Crippen LogP contribution is 2.45. The molecule has 0 amide bonds. The van der Waals surface area contributed by atoms with Crippen LogP contribution >= 0.6 is 15.6 Å². The summed E-state index contributed by atoms with van der Waals surface area (Å²) in [5, 5.41) is 10.5. The van der Waals surface area contributed by atoms with Crippen LogP contribution in [0.15, 0.2) is 0 Å². The van der Waals surface area contributed by atoms with E-state index in [1.807, 2.05) is 0 Å². The first kappa shape index (κ1) is 75.1. The van der Waals surface area contributed by atoms with Crippen LogP contribution in [0.2, 0.25) is 0 Å². The van der Waals surface area contributed by atoms with Crippen molar-refractivity contribution in [3.8, 4) is 0 Å². The number of phosphoric ester groups is 2. The molecule has 456 valence electrons. The third-order valence-corrected chi connectivity index (χ3v) is 15.0. The number of carbonyl (C=O) groups is 4. The van der Waals surface area contributed by atoms with Crippen molar-refractivity contribution in [2.24, 2.45) is 17.8 Å². The number of aliphatic hydroxyl groups excluding tert-OH is 1. The van der Waals surface area contributed by atoms with E-state index >= 15 is 0 Å². The number of aliphatic hydroxyl groups is 1. The van der Waals surface area contributed by atoms with E-state index < -0.39 is 97.5 Å². The Morgan fingerprint density at radius 3 is 0.883 bits per heavy atom. The van der Waals surface area contributed by atoms with Crippen LogP contribution in [0.25, 0.3) is 0 Å². The lowest BCUT2D eigenvalue weighted by Crippen LogP contribution is -2.30. The maximum absolute atomic E-state index is 12.9. The summed E-state index contributed by atoms with van der Waals surface area (Å²) in [5.41, 5.74) is 0. The molecule has 0 aromatic heterocycles. The largest absolute Gasteiger partial charge is 0.472 e. The topological polar surface area (TPSA) is 237 Å². The van der Waals surface area contributed by atoms with Crippen LogP contribution < -0.4 is 0 Å². The molecule has 0 saturated carbocycles. The van der Waals surface area contributed by atoms with Gasteiger partial charge in [-0.15, -0.1) is 0 Å². The molecule has 0 aliphatic heterocycles. The molecule has 0 fully saturated rings. The molecule has 17 nitrogen and oxygen atoms in total. The molecule has 0 spiro atoms. The second-order valence-electron chi connectivity index (χ2n) is 22.5. The SMILES string of the molecule is CCCCCCCC(=O)OC[C@H](COP(=O)(O)OC[C@H](O)COP(=O)(O)OC[C@@H](COC(=O)CCCCCCCCC(C)C)OC(=O)CCCCCCCCCCCCCC(C)C)OC(=O)CCCCCCCCC(C)C. The van der Waals surface area contributed by atoms with Crippen LogP contribution in [0.1, 0.15) is 273 Å². The lowest BCUT2D eigenvalue weighted by molar-refractivity contribution is -0.161. The molecule has 5 atom stereocenters. The normalized spacial score (nSPS) is 14.6. The Bertz CT molecular complexity index is 1550. The van der Waals surface area contributed by atoms with Crippen LogP contribution in [-0.2, 0) is 65.4 Å². The van der Waals surface area contributed by atoms with Gasteiger partial charge >= 0.3 is 39.5 Å². The van der Waals surface area contributed by atoms with Gasteiger partial charge in [0.05, 0.1) is 26.4 Å². The van der Waals surface area contributed by atoms with Gasteiger partial charge in [-0.1, -0.05) is 222 Å². The van der Waals surface area contributed by atoms with Gasteiger partial charge in [0, 0.05) is 25.7 Å². The van der Waals surface area contributed by atoms with Gasteiger partial charge in [-0.05, 0) is 43.4 Å². The summed E-state index contributed by atoms with van der Waals surface area (Å²) in [6, 6.07) is 0. The molecule has 0 aliphatic rings. The molecule has 0 saturated heterocycles. The number of ether oxygens (including phenoxy) is 4. The zero-order chi connectivity index (χ0) is 57.4. The Kier molecular flexibility index (Phi) is 48.6. The van der Waals surface area contributed by atoms with Crippen molar-refractivity contribution in [2.45, 2.75) is 292 Å². The summed E-state index contributed by atoms with van der Waals surface area (Å²) in [7, 11) is -9.87. The smallest absolute Gasteiger partial charge is 0.462 e. The standard InChI is InChI=1S/C58H112O17P2/c1-8-9-10-22-32-39-55(60)68-45-53(75-58(63)42-35-28-21-19-25-31-38-51(6)7)47-72-76(64,65)70-43-52(59)44-71-77(66,67)73-48-54(46-69-56(61)40-33-26-20-18-24-30-37-50(4)5)74-57(62)41-34-27-17-15-13-11-12-14-16-23-29-36-49(2)3/h49-54,59H,8-48H2,1-7H3,(H,64,65)(H,66,67)/t52-,53+,54+/m0/s1. The summed E-state index contributed by atoms with van der Waals surface area (Å²) in [5.74, 6) is -0.0461. The molecular formula is C58H112O17P2. The average molecular weight is 1140 g/mol. The molecule has 0 aromatic carbocycles. The first-order chi connectivity index (χ1) is 36.7. The number of carbonyl (C=O) groups excluding carboxylic acids is 4. The van der Waals surface area contributed by atoms with Crippen LogP contribution in [0, 0.1) is 17.8 Å². The van der Waals surface area contributed by atoms with Crippen molar-refractivity contribution >= 4 is 39.5 Å². The van der Waals surface area contributed by atoms with Crippen LogP contribution in [-0.4, -0.2) is 96.7 Å². The number of hydrogen-bond donors (Lipinski definition) is 3. The molecule has 0 aromatic rings. The van der Waals surface area contributed by atoms with Crippen molar-refractivity contribution in [1.29, 1.82) is 0 Å². The molecule has 77 heavy (non-hydrogen) atoms. The minimum Gasteiger partial charge on any atom is -0.462 e. The molecular weight excluding hydrogens is 1030 g/mol. The number of rotatable bonds is 56. The highest BCUT2D eigenvalue weighted by Gasteiger charge is 2.30. The van der Waals surface area contributed by atoms with Gasteiger partial charge in [0.15, 0.2) is 12.2 Å². The Morgan fingerprint density at radius 2 is 0.597 bits per heavy atom. The Balaban J connectivity index is 5.18. The molecule has 0 radical (unpaired) electrons. The van der Waals surface area contributed by atoms with E-state index in [1.165, 1.54) is 70.6 Å². The molecule has 0 rings (SSSR count). The van der Waals surface area contributed by atoms with E-state index in [2.05, 4.69) is 48.5 Å². The van der Waals surface area contributed by atoms with E-state index in [0.717, 1.165) is 109 Å². The Labute approximate surface area is 467 Å². The van der Waals surface area contributed by atoms with Crippen molar-refractivity contribution in [3.05, 3.63) is 0 Å². The third-order valence-electron chi connectivity index (χ3n) is 13.1. The van der Waals surface area contributed by atoms with Gasteiger partial charge in [0.1, 0.15) is 19.3 Å². The second kappa shape index (κ2) is 49.8. The fourth-order valence-corrected chi connectivity index (χ4v) is 10.00. The van der Waals surface area contributed by atoms with Crippen LogP contribution in [0.3, 0.4) is 0 Å². The van der Waals surface area contributed by atoms with Crippen molar-refractivity contribution in [2.75, 3.05) is 39.6 Å². The zero-order valence-electron chi connectivity index (χ0n) is 49.4. The minimum atomic E-state index is -4.94. The summed E-state index contributed by atoms with van der Waals surface area (Å²) < 4.78 is 67.5. The number of phosphoric acid groups is 2. The first-order valence-corrected chi connectivity index (χ1v) is 33.3. The summed E-state index contributed by atoms with van der Waals surface area (Å²) in [6.45, 7) is 11.5. The average Bonchev–Trinajstić information content (AvgIpc) is 3.37. The Hall–Kier alpha value is -1.94. The molecule has 0 aliphatic carbocycles. The molecule has 0 heterocycles. The van der Waals surface area contributed by atoms with Gasteiger partial charge in [-0.3, -0.25) is 37.3 Å². The van der Waals surface area contributed by atoms with Crippen molar-refractivity contribution in [3.63, 3.8) is 0 Å². The van der Waals surface area contributed by atoms with E-state index in [-0.39, 0.29) is 25.7 Å². The monoisotopic (exact) mass is 1140 g/mol. The van der Waals surface area contributed by atoms with Gasteiger partial charge in [0.25, 0.3) is 0 Å². The lowest BCUT2D eigenvalue weighted by Gasteiger charge is -2.21. The van der Waals surface area contributed by atoms with E-state index in [1.54, 1.807) is 0 Å². The Morgan fingerprint density at radius 1 is 0.351 bits per heavy atom. The highest BCUT2D eigenvalue weighted by molar-refractivity contribution is 7.47. The summed E-state index contributed by atoms with van der Waals surface area (Å²) >= 11 is 0. The predicted octanol–water partition coefficient (Wildman–Crippen LogP) is 15.2. The first-order valence-electron chi connectivity index (χ1n) is 30.3. The lowest BCUT2D eigenvalue weighted by atomic mass is 10.0.